The number of methoxy groups -OCH3 is 2. The average Bonchev–Trinajstić information content (AvgIpc) is 2.44. The number of thiocarbonyl (C=S) groups is 1. The summed E-state index contributed by atoms with van der Waals surface area (Å²) in [6, 6.07) is 5.22. The van der Waals surface area contributed by atoms with Gasteiger partial charge in [-0.1, -0.05) is 24.0 Å². The summed E-state index contributed by atoms with van der Waals surface area (Å²) in [4.78, 5) is 13.7. The molecule has 20 heavy (non-hydrogen) atoms. The molecular weight excluding hydrogens is 296 g/mol. The third kappa shape index (κ3) is 4.90. The van der Waals surface area contributed by atoms with Crippen molar-refractivity contribution in [3.8, 4) is 11.5 Å². The van der Waals surface area contributed by atoms with Crippen LogP contribution >= 0.6 is 24.0 Å². The molecule has 0 saturated carbocycles. The van der Waals surface area contributed by atoms with Crippen LogP contribution in [0.25, 0.3) is 0 Å². The fraction of sp³-hybridized carbons (Fsp3) is 0.385. The second kappa shape index (κ2) is 7.96. The minimum Gasteiger partial charge on any atom is -0.497 e. The molecule has 0 spiro atoms. The number of nitrogens with zero attached hydrogens (tertiary/aromatic N) is 1. The number of carbonyl (C=O) groups excluding carboxylic acids is 1. The number of nitrogens with one attached hydrogen (secondary N) is 1. The zero-order chi connectivity index (χ0) is 15.1. The van der Waals surface area contributed by atoms with E-state index >= 15 is 0 Å². The first-order valence-electron chi connectivity index (χ1n) is 5.84. The maximum absolute atomic E-state index is 11.9. The van der Waals surface area contributed by atoms with Gasteiger partial charge in [0.2, 0.25) is 5.91 Å². The van der Waals surface area contributed by atoms with Gasteiger partial charge in [0.25, 0.3) is 0 Å². The van der Waals surface area contributed by atoms with E-state index in [9.17, 15) is 4.79 Å². The first kappa shape index (κ1) is 16.6. The summed E-state index contributed by atoms with van der Waals surface area (Å²) in [5.41, 5.74) is 0.606. The highest BCUT2D eigenvalue weighted by Crippen LogP contribution is 2.29. The molecule has 0 aliphatic heterocycles. The van der Waals surface area contributed by atoms with Gasteiger partial charge < -0.3 is 19.7 Å². The number of thioether (sulfide) groups is 1. The van der Waals surface area contributed by atoms with E-state index in [0.29, 0.717) is 21.5 Å². The molecule has 0 bridgehead atoms. The summed E-state index contributed by atoms with van der Waals surface area (Å²) in [5, 5.41) is 2.79. The number of amides is 1. The van der Waals surface area contributed by atoms with Crippen molar-refractivity contribution < 1.29 is 14.3 Å². The fourth-order valence-electron chi connectivity index (χ4n) is 1.34. The fourth-order valence-corrected chi connectivity index (χ4v) is 2.11. The van der Waals surface area contributed by atoms with Gasteiger partial charge in [-0.25, -0.2) is 0 Å². The van der Waals surface area contributed by atoms with Crippen LogP contribution in [0.15, 0.2) is 18.2 Å². The smallest absolute Gasteiger partial charge is 0.234 e. The Morgan fingerprint density at radius 2 is 2.05 bits per heavy atom. The highest BCUT2D eigenvalue weighted by Gasteiger charge is 2.10. The number of hydrogen-bond acceptors (Lipinski definition) is 5. The van der Waals surface area contributed by atoms with E-state index in [-0.39, 0.29) is 11.7 Å². The zero-order valence-corrected chi connectivity index (χ0v) is 13.6. The van der Waals surface area contributed by atoms with Crippen LogP contribution in [0.2, 0.25) is 0 Å². The molecule has 1 amide bonds. The highest BCUT2D eigenvalue weighted by molar-refractivity contribution is 8.23. The van der Waals surface area contributed by atoms with Crippen molar-refractivity contribution in [1.82, 2.24) is 4.90 Å². The lowest BCUT2D eigenvalue weighted by atomic mass is 10.2. The third-order valence-electron chi connectivity index (χ3n) is 2.37. The van der Waals surface area contributed by atoms with Crippen molar-refractivity contribution in [2.75, 3.05) is 39.4 Å². The monoisotopic (exact) mass is 314 g/mol. The predicted molar refractivity (Wildman–Crippen MR) is 86.9 cm³/mol. The molecule has 0 aliphatic carbocycles. The summed E-state index contributed by atoms with van der Waals surface area (Å²) >= 11 is 6.42. The number of ether oxygens (including phenoxy) is 2. The van der Waals surface area contributed by atoms with Gasteiger partial charge in [-0.2, -0.15) is 0 Å². The summed E-state index contributed by atoms with van der Waals surface area (Å²) in [5.74, 6) is 1.34. The van der Waals surface area contributed by atoms with E-state index in [4.69, 9.17) is 21.7 Å². The Hall–Kier alpha value is -1.47. The maximum atomic E-state index is 11.9. The Labute approximate surface area is 128 Å². The van der Waals surface area contributed by atoms with Crippen molar-refractivity contribution >= 4 is 39.9 Å². The third-order valence-corrected chi connectivity index (χ3v) is 4.11. The van der Waals surface area contributed by atoms with E-state index in [1.54, 1.807) is 37.3 Å². The molecule has 110 valence electrons. The van der Waals surface area contributed by atoms with Gasteiger partial charge in [-0.3, -0.25) is 4.79 Å². The summed E-state index contributed by atoms with van der Waals surface area (Å²) < 4.78 is 11.0. The second-order valence-electron chi connectivity index (χ2n) is 4.06. The molecule has 0 atom stereocenters. The molecule has 1 aromatic carbocycles. The molecule has 0 saturated heterocycles. The largest absolute Gasteiger partial charge is 0.497 e. The van der Waals surface area contributed by atoms with Gasteiger partial charge in [-0.15, -0.1) is 0 Å². The van der Waals surface area contributed by atoms with Gasteiger partial charge in [-0.05, 0) is 12.1 Å². The molecule has 0 fully saturated rings. The summed E-state index contributed by atoms with van der Waals surface area (Å²) in [7, 11) is 6.81. The van der Waals surface area contributed by atoms with Crippen LogP contribution in [0, 0.1) is 0 Å². The molecule has 0 unspecified atom stereocenters. The van der Waals surface area contributed by atoms with E-state index in [0.717, 1.165) is 0 Å². The van der Waals surface area contributed by atoms with E-state index in [2.05, 4.69) is 5.32 Å². The first-order valence-corrected chi connectivity index (χ1v) is 7.23. The maximum Gasteiger partial charge on any atom is 0.234 e. The van der Waals surface area contributed by atoms with Crippen LogP contribution in [0.1, 0.15) is 0 Å². The van der Waals surface area contributed by atoms with E-state index in [1.807, 2.05) is 14.1 Å². The number of anilines is 1. The molecule has 1 rings (SSSR count). The predicted octanol–water partition coefficient (Wildman–Crippen LogP) is 2.22. The standard InChI is InChI=1S/C13H18N2O3S2/c1-15(2)13(19)20-8-12(16)14-10-6-5-9(17-3)7-11(10)18-4/h5-7H,8H2,1-4H3,(H,14,16). The first-order chi connectivity index (χ1) is 9.47. The lowest BCUT2D eigenvalue weighted by molar-refractivity contribution is -0.113. The molecule has 5 nitrogen and oxygen atoms in total. The number of carbonyl (C=O) groups is 1. The average molecular weight is 314 g/mol. The van der Waals surface area contributed by atoms with Crippen molar-refractivity contribution in [1.29, 1.82) is 0 Å². The van der Waals surface area contributed by atoms with E-state index in [1.165, 1.54) is 11.8 Å². The molecule has 7 heteroatoms. The SMILES string of the molecule is COc1ccc(NC(=O)CSC(=S)N(C)C)c(OC)c1. The Morgan fingerprint density at radius 1 is 1.35 bits per heavy atom. The van der Waals surface area contributed by atoms with Gasteiger partial charge in [0.05, 0.1) is 25.7 Å². The van der Waals surface area contributed by atoms with Crippen molar-refractivity contribution in [2.45, 2.75) is 0 Å². The molecule has 0 heterocycles. The van der Waals surface area contributed by atoms with E-state index < -0.39 is 0 Å². The zero-order valence-electron chi connectivity index (χ0n) is 11.9. The van der Waals surface area contributed by atoms with Crippen LogP contribution in [0.5, 0.6) is 11.5 Å². The lowest BCUT2D eigenvalue weighted by Gasteiger charge is -2.14. The Balaban J connectivity index is 2.64. The minimum absolute atomic E-state index is 0.136. The normalized spacial score (nSPS) is 9.80. The second-order valence-corrected chi connectivity index (χ2v) is 5.67. The molecule has 0 radical (unpaired) electrons. The molecule has 0 aromatic heterocycles. The van der Waals surface area contributed by atoms with Crippen LogP contribution in [0.3, 0.4) is 0 Å². The topological polar surface area (TPSA) is 50.8 Å². The molecule has 1 aromatic rings. The molecular formula is C13H18N2O3S2. The van der Waals surface area contributed by atoms with Crippen LogP contribution in [-0.2, 0) is 4.79 Å². The quantitative estimate of drug-likeness (QED) is 0.841. The molecule has 0 aliphatic rings. The number of hydrogen-bond donors (Lipinski definition) is 1. The van der Waals surface area contributed by atoms with Gasteiger partial charge >= 0.3 is 0 Å². The van der Waals surface area contributed by atoms with Gasteiger partial charge in [0.15, 0.2) is 0 Å². The van der Waals surface area contributed by atoms with Crippen molar-refractivity contribution in [3.05, 3.63) is 18.2 Å². The van der Waals surface area contributed by atoms with Gasteiger partial charge in [0.1, 0.15) is 15.8 Å². The van der Waals surface area contributed by atoms with Gasteiger partial charge in [0, 0.05) is 20.2 Å². The number of benzene rings is 1. The van der Waals surface area contributed by atoms with Crippen molar-refractivity contribution in [3.63, 3.8) is 0 Å². The Kier molecular flexibility index (Phi) is 6.60. The van der Waals surface area contributed by atoms with Crippen molar-refractivity contribution in [2.24, 2.45) is 0 Å². The lowest BCUT2D eigenvalue weighted by Crippen LogP contribution is -2.21. The summed E-state index contributed by atoms with van der Waals surface area (Å²) in [6.07, 6.45) is 0. The van der Waals surface area contributed by atoms with Crippen LogP contribution < -0.4 is 14.8 Å². The Bertz CT molecular complexity index is 493. The Morgan fingerprint density at radius 3 is 2.60 bits per heavy atom. The van der Waals surface area contributed by atoms with Crippen LogP contribution in [-0.4, -0.2) is 49.2 Å². The minimum atomic E-state index is -0.136. The number of rotatable bonds is 5. The summed E-state index contributed by atoms with van der Waals surface area (Å²) in [6.45, 7) is 0. The molecule has 1 N–H and O–H groups in total. The van der Waals surface area contributed by atoms with Crippen LogP contribution in [0.4, 0.5) is 5.69 Å². The highest BCUT2D eigenvalue weighted by atomic mass is 32.2.